The van der Waals surface area contributed by atoms with Gasteiger partial charge in [0.2, 0.25) is 11.8 Å². The molecule has 0 bridgehead atoms. The highest BCUT2D eigenvalue weighted by Crippen LogP contribution is 2.05. The lowest BCUT2D eigenvalue weighted by atomic mass is 10.0. The van der Waals surface area contributed by atoms with Gasteiger partial charge in [-0.25, -0.2) is 4.79 Å². The Morgan fingerprint density at radius 3 is 2.04 bits per heavy atom. The minimum absolute atomic E-state index is 0.102. The molecule has 1 aromatic rings. The predicted octanol–water partition coefficient (Wildman–Crippen LogP) is -0.895. The van der Waals surface area contributed by atoms with E-state index in [2.05, 4.69) is 10.6 Å². The molecule has 0 aliphatic carbocycles. The van der Waals surface area contributed by atoms with E-state index in [1.807, 2.05) is 0 Å². The Morgan fingerprint density at radius 1 is 1.00 bits per heavy atom. The van der Waals surface area contributed by atoms with E-state index in [9.17, 15) is 19.2 Å². The maximum atomic E-state index is 12.4. The maximum absolute atomic E-state index is 12.4. The lowest BCUT2D eigenvalue weighted by Crippen LogP contribution is -2.55. The number of amides is 2. The Labute approximate surface area is 144 Å². The molecule has 0 radical (unpaired) electrons. The van der Waals surface area contributed by atoms with Gasteiger partial charge in [0, 0.05) is 6.42 Å². The highest BCUT2D eigenvalue weighted by Gasteiger charge is 2.28. The molecule has 1 rings (SSSR count). The number of nitrogens with two attached hydrogens (primary N) is 1. The molecule has 25 heavy (non-hydrogen) atoms. The Balaban J connectivity index is 2.92. The number of carbonyl (C=O) groups is 4. The fourth-order valence-corrected chi connectivity index (χ4v) is 2.01. The largest absolute Gasteiger partial charge is 0.481 e. The number of carbonyl (C=O) groups excluding carboxylic acids is 2. The molecule has 9 nitrogen and oxygen atoms in total. The van der Waals surface area contributed by atoms with E-state index in [-0.39, 0.29) is 6.42 Å². The first kappa shape index (κ1) is 20.1. The topological polar surface area (TPSA) is 159 Å². The van der Waals surface area contributed by atoms with Crippen molar-refractivity contribution >= 4 is 23.8 Å². The van der Waals surface area contributed by atoms with Crippen LogP contribution in [0.1, 0.15) is 18.9 Å². The zero-order valence-electron chi connectivity index (χ0n) is 13.6. The van der Waals surface area contributed by atoms with E-state index in [1.165, 1.54) is 6.92 Å². The van der Waals surface area contributed by atoms with Gasteiger partial charge >= 0.3 is 11.9 Å². The van der Waals surface area contributed by atoms with Gasteiger partial charge in [0.1, 0.15) is 12.1 Å². The summed E-state index contributed by atoms with van der Waals surface area (Å²) in [5.74, 6) is -4.23. The Kier molecular flexibility index (Phi) is 7.54. The lowest BCUT2D eigenvalue weighted by Gasteiger charge is -2.22. The van der Waals surface area contributed by atoms with Crippen LogP contribution in [-0.4, -0.2) is 52.1 Å². The highest BCUT2D eigenvalue weighted by molar-refractivity contribution is 5.92. The van der Waals surface area contributed by atoms with Crippen LogP contribution in [0.2, 0.25) is 0 Å². The summed E-state index contributed by atoms with van der Waals surface area (Å²) >= 11 is 0. The summed E-state index contributed by atoms with van der Waals surface area (Å²) in [7, 11) is 0. The van der Waals surface area contributed by atoms with Crippen LogP contribution in [0.3, 0.4) is 0 Å². The van der Waals surface area contributed by atoms with Gasteiger partial charge in [0.25, 0.3) is 0 Å². The van der Waals surface area contributed by atoms with Gasteiger partial charge in [-0.05, 0) is 12.5 Å². The number of benzene rings is 1. The standard InChI is InChI=1S/C16H21N3O6/c1-9(17)14(22)18-11(7-10-5-3-2-4-6-10)15(23)19-12(16(24)25)8-13(20)21/h2-6,9,11-12H,7-8,17H2,1H3,(H,18,22)(H,19,23)(H,20,21)(H,24,25). The molecule has 136 valence electrons. The normalized spacial score (nSPS) is 14.0. The lowest BCUT2D eigenvalue weighted by molar-refractivity contribution is -0.147. The summed E-state index contributed by atoms with van der Waals surface area (Å²) in [6.07, 6.45) is -0.676. The van der Waals surface area contributed by atoms with Crippen LogP contribution in [0.4, 0.5) is 0 Å². The van der Waals surface area contributed by atoms with Crippen LogP contribution in [0.5, 0.6) is 0 Å². The van der Waals surface area contributed by atoms with Crippen molar-refractivity contribution in [3.63, 3.8) is 0 Å². The number of hydrogen-bond donors (Lipinski definition) is 5. The molecule has 2 amide bonds. The number of hydrogen-bond acceptors (Lipinski definition) is 5. The van der Waals surface area contributed by atoms with Crippen molar-refractivity contribution in [1.82, 2.24) is 10.6 Å². The van der Waals surface area contributed by atoms with Crippen molar-refractivity contribution < 1.29 is 29.4 Å². The van der Waals surface area contributed by atoms with E-state index in [0.717, 1.165) is 5.56 Å². The second-order valence-electron chi connectivity index (χ2n) is 5.54. The first-order valence-electron chi connectivity index (χ1n) is 7.55. The van der Waals surface area contributed by atoms with Gasteiger partial charge in [-0.2, -0.15) is 0 Å². The van der Waals surface area contributed by atoms with Gasteiger partial charge in [-0.1, -0.05) is 30.3 Å². The van der Waals surface area contributed by atoms with Gasteiger partial charge in [0.15, 0.2) is 0 Å². The third-order valence-electron chi connectivity index (χ3n) is 3.32. The molecule has 6 N–H and O–H groups in total. The van der Waals surface area contributed by atoms with Crippen molar-refractivity contribution in [2.24, 2.45) is 5.73 Å². The summed E-state index contributed by atoms with van der Waals surface area (Å²) in [5.41, 5.74) is 6.21. The van der Waals surface area contributed by atoms with E-state index in [0.29, 0.717) is 0 Å². The average molecular weight is 351 g/mol. The number of carboxylic acids is 2. The second kappa shape index (κ2) is 9.38. The summed E-state index contributed by atoms with van der Waals surface area (Å²) in [6, 6.07) is 5.22. The zero-order chi connectivity index (χ0) is 19.0. The van der Waals surface area contributed by atoms with Crippen LogP contribution in [0.15, 0.2) is 30.3 Å². The molecule has 0 aliphatic rings. The highest BCUT2D eigenvalue weighted by atomic mass is 16.4. The van der Waals surface area contributed by atoms with Crippen LogP contribution < -0.4 is 16.4 Å². The molecule has 0 fully saturated rings. The molecule has 0 heterocycles. The fraction of sp³-hybridized carbons (Fsp3) is 0.375. The quantitative estimate of drug-likeness (QED) is 0.386. The van der Waals surface area contributed by atoms with Gasteiger partial charge < -0.3 is 26.6 Å². The minimum atomic E-state index is -1.60. The number of carboxylic acid groups (broad SMARTS) is 2. The van der Waals surface area contributed by atoms with Crippen molar-refractivity contribution in [2.75, 3.05) is 0 Å². The molecule has 0 saturated carbocycles. The van der Waals surface area contributed by atoms with Crippen molar-refractivity contribution in [1.29, 1.82) is 0 Å². The first-order chi connectivity index (χ1) is 11.7. The number of nitrogens with one attached hydrogen (secondary N) is 2. The summed E-state index contributed by atoms with van der Waals surface area (Å²) in [5, 5.41) is 22.3. The van der Waals surface area contributed by atoms with Crippen molar-refractivity contribution in [2.45, 2.75) is 37.9 Å². The van der Waals surface area contributed by atoms with E-state index < -0.39 is 48.3 Å². The number of rotatable bonds is 9. The molecule has 3 atom stereocenters. The third-order valence-corrected chi connectivity index (χ3v) is 3.32. The van der Waals surface area contributed by atoms with E-state index in [1.54, 1.807) is 30.3 Å². The number of aliphatic carboxylic acids is 2. The molecule has 0 aromatic heterocycles. The van der Waals surface area contributed by atoms with Crippen LogP contribution in [-0.2, 0) is 25.6 Å². The van der Waals surface area contributed by atoms with Crippen molar-refractivity contribution in [3.8, 4) is 0 Å². The SMILES string of the molecule is CC(N)C(=O)NC(Cc1ccccc1)C(=O)NC(CC(=O)O)C(=O)O. The summed E-state index contributed by atoms with van der Waals surface area (Å²) in [6.45, 7) is 1.44. The van der Waals surface area contributed by atoms with Crippen LogP contribution >= 0.6 is 0 Å². The van der Waals surface area contributed by atoms with Gasteiger partial charge in [0.05, 0.1) is 12.5 Å². The molecule has 0 aliphatic heterocycles. The molecule has 9 heteroatoms. The molecule has 1 aromatic carbocycles. The first-order valence-corrected chi connectivity index (χ1v) is 7.55. The van der Waals surface area contributed by atoms with Gasteiger partial charge in [-0.3, -0.25) is 14.4 Å². The second-order valence-corrected chi connectivity index (χ2v) is 5.54. The van der Waals surface area contributed by atoms with E-state index in [4.69, 9.17) is 15.9 Å². The summed E-state index contributed by atoms with van der Waals surface area (Å²) in [4.78, 5) is 46.0. The van der Waals surface area contributed by atoms with Crippen LogP contribution in [0.25, 0.3) is 0 Å². The molecule has 3 unspecified atom stereocenters. The molecule has 0 saturated heterocycles. The smallest absolute Gasteiger partial charge is 0.326 e. The van der Waals surface area contributed by atoms with Crippen molar-refractivity contribution in [3.05, 3.63) is 35.9 Å². The zero-order valence-corrected chi connectivity index (χ0v) is 13.6. The monoisotopic (exact) mass is 351 g/mol. The fourth-order valence-electron chi connectivity index (χ4n) is 2.01. The third kappa shape index (κ3) is 7.00. The maximum Gasteiger partial charge on any atom is 0.326 e. The molecule has 0 spiro atoms. The molecular formula is C16H21N3O6. The summed E-state index contributed by atoms with van der Waals surface area (Å²) < 4.78 is 0. The predicted molar refractivity (Wildman–Crippen MR) is 87.5 cm³/mol. The van der Waals surface area contributed by atoms with E-state index >= 15 is 0 Å². The van der Waals surface area contributed by atoms with Crippen LogP contribution in [0, 0.1) is 0 Å². The minimum Gasteiger partial charge on any atom is -0.481 e. The Bertz CT molecular complexity index is 632. The Morgan fingerprint density at radius 2 is 1.56 bits per heavy atom. The molecular weight excluding hydrogens is 330 g/mol. The average Bonchev–Trinajstić information content (AvgIpc) is 2.53. The van der Waals surface area contributed by atoms with Gasteiger partial charge in [-0.15, -0.1) is 0 Å². The Hall–Kier alpha value is -2.94.